The minimum Gasteiger partial charge on any atom is -0.350 e. The molecule has 1 amide bonds. The van der Waals surface area contributed by atoms with Crippen LogP contribution in [0.25, 0.3) is 27.2 Å². The monoisotopic (exact) mass is 372 g/mol. The number of amides is 1. The van der Waals surface area contributed by atoms with Gasteiger partial charge in [0.15, 0.2) is 0 Å². The lowest BCUT2D eigenvalue weighted by atomic mass is 9.99. The van der Waals surface area contributed by atoms with Crippen molar-refractivity contribution in [3.05, 3.63) is 89.1 Å². The summed E-state index contributed by atoms with van der Waals surface area (Å²) in [5.41, 5.74) is 3.84. The highest BCUT2D eigenvalue weighted by Gasteiger charge is 2.24. The number of hydrogen-bond acceptors (Lipinski definition) is 1. The molecule has 0 atom stereocenters. The lowest BCUT2D eigenvalue weighted by molar-refractivity contribution is 0.0797. The van der Waals surface area contributed by atoms with Crippen molar-refractivity contribution >= 4 is 44.8 Å². The maximum Gasteiger partial charge on any atom is 0.270 e. The number of fused-ring (bicyclic) bond motifs is 2. The maximum absolute atomic E-state index is 13.0. The van der Waals surface area contributed by atoms with Gasteiger partial charge in [-0.2, -0.15) is 0 Å². The lowest BCUT2D eigenvalue weighted by Crippen LogP contribution is -2.29. The first-order valence-electron chi connectivity index (χ1n) is 8.94. The average Bonchev–Trinajstić information content (AvgIpc) is 3.35. The van der Waals surface area contributed by atoms with Gasteiger partial charge in [-0.15, -0.1) is 0 Å². The Morgan fingerprint density at radius 2 is 1.78 bits per heavy atom. The van der Waals surface area contributed by atoms with Gasteiger partial charge in [0.1, 0.15) is 5.69 Å². The van der Waals surface area contributed by atoms with Crippen LogP contribution in [0.2, 0.25) is 5.02 Å². The molecular weight excluding hydrogens is 356 g/mol. The summed E-state index contributed by atoms with van der Waals surface area (Å²) in [6.07, 6.45) is 2.15. The number of halogens is 1. The van der Waals surface area contributed by atoms with Crippen LogP contribution >= 0.6 is 11.6 Å². The highest BCUT2D eigenvalue weighted by Crippen LogP contribution is 2.30. The van der Waals surface area contributed by atoms with Crippen molar-refractivity contribution in [1.29, 1.82) is 0 Å². The van der Waals surface area contributed by atoms with E-state index in [1.54, 1.807) is 0 Å². The Morgan fingerprint density at radius 3 is 2.67 bits per heavy atom. The van der Waals surface area contributed by atoms with Crippen LogP contribution in [0.1, 0.15) is 16.1 Å². The molecule has 27 heavy (non-hydrogen) atoms. The number of rotatable bonds is 2. The van der Waals surface area contributed by atoms with Gasteiger partial charge >= 0.3 is 0 Å². The van der Waals surface area contributed by atoms with Crippen LogP contribution in [0.3, 0.4) is 0 Å². The van der Waals surface area contributed by atoms with E-state index in [1.165, 1.54) is 21.9 Å². The van der Waals surface area contributed by atoms with Crippen LogP contribution < -0.4 is 0 Å². The van der Waals surface area contributed by atoms with Gasteiger partial charge in [-0.3, -0.25) is 4.79 Å². The Labute approximate surface area is 161 Å². The van der Waals surface area contributed by atoms with Crippen LogP contribution in [0.4, 0.5) is 0 Å². The number of nitrogens with zero attached hydrogens (tertiary/aromatic N) is 1. The fraction of sp³-hybridized carbons (Fsp3) is 0.0870. The SMILES string of the molecule is O=C(c1cc2c(Cl)cccc2[nH]1)N1CC=C(c2cccc3ccccc23)C1. The Hall–Kier alpha value is -3.04. The molecule has 1 aromatic heterocycles. The van der Waals surface area contributed by atoms with E-state index < -0.39 is 0 Å². The van der Waals surface area contributed by atoms with Gasteiger partial charge in [0.2, 0.25) is 0 Å². The number of hydrogen-bond donors (Lipinski definition) is 1. The zero-order chi connectivity index (χ0) is 18.4. The van der Waals surface area contributed by atoms with Crippen molar-refractivity contribution in [1.82, 2.24) is 9.88 Å². The van der Waals surface area contributed by atoms with Crippen molar-refractivity contribution in [2.75, 3.05) is 13.1 Å². The number of aromatic amines is 1. The quantitative estimate of drug-likeness (QED) is 0.494. The Balaban J connectivity index is 1.44. The van der Waals surface area contributed by atoms with E-state index in [0.29, 0.717) is 23.8 Å². The predicted molar refractivity (Wildman–Crippen MR) is 111 cm³/mol. The summed E-state index contributed by atoms with van der Waals surface area (Å²) in [6, 6.07) is 22.2. The normalized spacial score (nSPS) is 14.1. The van der Waals surface area contributed by atoms with Crippen molar-refractivity contribution < 1.29 is 4.79 Å². The predicted octanol–water partition coefficient (Wildman–Crippen LogP) is 5.51. The van der Waals surface area contributed by atoms with E-state index in [4.69, 9.17) is 11.6 Å². The first-order chi connectivity index (χ1) is 13.2. The second-order valence-electron chi connectivity index (χ2n) is 6.83. The topological polar surface area (TPSA) is 36.1 Å². The van der Waals surface area contributed by atoms with Crippen molar-refractivity contribution in [2.45, 2.75) is 0 Å². The first-order valence-corrected chi connectivity index (χ1v) is 9.32. The molecular formula is C23H17ClN2O. The highest BCUT2D eigenvalue weighted by atomic mass is 35.5. The second kappa shape index (κ2) is 6.29. The van der Waals surface area contributed by atoms with E-state index in [9.17, 15) is 4.79 Å². The molecule has 0 saturated heterocycles. The first kappa shape index (κ1) is 16.2. The number of carbonyl (C=O) groups is 1. The largest absolute Gasteiger partial charge is 0.350 e. The summed E-state index contributed by atoms with van der Waals surface area (Å²) >= 11 is 6.24. The van der Waals surface area contributed by atoms with Gasteiger partial charge in [-0.1, -0.05) is 66.2 Å². The molecule has 3 aromatic carbocycles. The fourth-order valence-corrected chi connectivity index (χ4v) is 4.04. The third kappa shape index (κ3) is 2.71. The summed E-state index contributed by atoms with van der Waals surface area (Å²) in [7, 11) is 0. The summed E-state index contributed by atoms with van der Waals surface area (Å²) in [5.74, 6) is -0.00578. The Morgan fingerprint density at radius 1 is 0.963 bits per heavy atom. The van der Waals surface area contributed by atoms with Gasteiger partial charge in [0.25, 0.3) is 5.91 Å². The molecule has 5 rings (SSSR count). The van der Waals surface area contributed by atoms with Crippen LogP contribution in [-0.4, -0.2) is 28.9 Å². The summed E-state index contributed by atoms with van der Waals surface area (Å²) in [6.45, 7) is 1.22. The van der Waals surface area contributed by atoms with Gasteiger partial charge in [-0.05, 0) is 40.1 Å². The maximum atomic E-state index is 13.0. The molecule has 1 N–H and O–H groups in total. The number of nitrogens with one attached hydrogen (secondary N) is 1. The Bertz CT molecular complexity index is 1220. The number of benzene rings is 3. The van der Waals surface area contributed by atoms with E-state index >= 15 is 0 Å². The van der Waals surface area contributed by atoms with Gasteiger partial charge in [0.05, 0.1) is 0 Å². The number of carbonyl (C=O) groups excluding carboxylic acids is 1. The van der Waals surface area contributed by atoms with E-state index in [2.05, 4.69) is 47.5 Å². The average molecular weight is 373 g/mol. The molecule has 0 bridgehead atoms. The molecule has 1 aliphatic heterocycles. The zero-order valence-electron chi connectivity index (χ0n) is 14.6. The van der Waals surface area contributed by atoms with Crippen LogP contribution in [0.5, 0.6) is 0 Å². The van der Waals surface area contributed by atoms with Gasteiger partial charge in [0, 0.05) is 29.0 Å². The molecule has 0 aliphatic carbocycles. The smallest absolute Gasteiger partial charge is 0.270 e. The van der Waals surface area contributed by atoms with E-state index in [-0.39, 0.29) is 5.91 Å². The Kier molecular flexibility index (Phi) is 3.76. The number of aromatic nitrogens is 1. The minimum absolute atomic E-state index is 0.00578. The molecule has 3 nitrogen and oxygen atoms in total. The molecule has 0 unspecified atom stereocenters. The third-order valence-electron chi connectivity index (χ3n) is 5.18. The van der Waals surface area contributed by atoms with E-state index in [1.807, 2.05) is 35.2 Å². The van der Waals surface area contributed by atoms with Crippen molar-refractivity contribution in [2.24, 2.45) is 0 Å². The zero-order valence-corrected chi connectivity index (χ0v) is 15.3. The minimum atomic E-state index is -0.00578. The van der Waals surface area contributed by atoms with Gasteiger partial charge in [-0.25, -0.2) is 0 Å². The molecule has 1 aliphatic rings. The summed E-state index contributed by atoms with van der Waals surface area (Å²) in [5, 5.41) is 3.96. The van der Waals surface area contributed by atoms with Crippen LogP contribution in [-0.2, 0) is 0 Å². The highest BCUT2D eigenvalue weighted by molar-refractivity contribution is 6.35. The van der Waals surface area contributed by atoms with Crippen LogP contribution in [0.15, 0.2) is 72.8 Å². The number of H-pyrrole nitrogens is 1. The molecule has 2 heterocycles. The van der Waals surface area contributed by atoms with Crippen molar-refractivity contribution in [3.8, 4) is 0 Å². The third-order valence-corrected chi connectivity index (χ3v) is 5.51. The molecule has 0 spiro atoms. The lowest BCUT2D eigenvalue weighted by Gasteiger charge is -2.16. The summed E-state index contributed by atoms with van der Waals surface area (Å²) < 4.78 is 0. The molecule has 0 saturated carbocycles. The molecule has 0 radical (unpaired) electrons. The summed E-state index contributed by atoms with van der Waals surface area (Å²) in [4.78, 5) is 18.0. The molecule has 4 aromatic rings. The van der Waals surface area contributed by atoms with Gasteiger partial charge < -0.3 is 9.88 Å². The van der Waals surface area contributed by atoms with E-state index in [0.717, 1.165) is 10.9 Å². The molecule has 132 valence electrons. The second-order valence-corrected chi connectivity index (χ2v) is 7.23. The fourth-order valence-electron chi connectivity index (χ4n) is 3.81. The molecule has 0 fully saturated rings. The molecule has 4 heteroatoms. The van der Waals surface area contributed by atoms with Crippen LogP contribution in [0, 0.1) is 0 Å². The van der Waals surface area contributed by atoms with Crippen molar-refractivity contribution in [3.63, 3.8) is 0 Å². The standard InChI is InChI=1S/C23H17ClN2O/c24-20-9-4-10-21-19(20)13-22(25-21)23(27)26-12-11-16(14-26)18-8-3-6-15-5-1-2-7-17(15)18/h1-11,13,25H,12,14H2.